The van der Waals surface area contributed by atoms with E-state index in [2.05, 4.69) is 53.1 Å². The topological polar surface area (TPSA) is 70.7 Å². The summed E-state index contributed by atoms with van der Waals surface area (Å²) in [6, 6.07) is 13.9. The Labute approximate surface area is 168 Å². The molecule has 2 aromatic carbocycles. The Bertz CT molecular complexity index is 1120. The third kappa shape index (κ3) is 3.38. The van der Waals surface area contributed by atoms with Crippen LogP contribution in [-0.2, 0) is 6.54 Å². The first-order valence-electron chi connectivity index (χ1n) is 8.81. The molecule has 0 amide bonds. The number of tetrazole rings is 1. The highest BCUT2D eigenvalue weighted by Crippen LogP contribution is 2.27. The van der Waals surface area contributed by atoms with Gasteiger partial charge in [-0.1, -0.05) is 24.3 Å². The molecular weight excluding hydrogens is 372 g/mol. The maximum Gasteiger partial charge on any atom is 0.209 e. The molecule has 7 nitrogen and oxygen atoms in total. The predicted octanol–water partition coefficient (Wildman–Crippen LogP) is 3.49. The third-order valence-electron chi connectivity index (χ3n) is 4.72. The van der Waals surface area contributed by atoms with Gasteiger partial charge in [0.05, 0.1) is 31.1 Å². The molecule has 4 aromatic rings. The summed E-state index contributed by atoms with van der Waals surface area (Å²) in [5.74, 6) is 1.31. The van der Waals surface area contributed by atoms with Gasteiger partial charge in [-0.2, -0.15) is 9.90 Å². The number of rotatable bonds is 5. The largest absolute Gasteiger partial charge is 0.497 e. The molecule has 8 heteroatoms. The highest BCUT2D eigenvalue weighted by molar-refractivity contribution is 7.80. The minimum absolute atomic E-state index is 0.495. The second kappa shape index (κ2) is 7.47. The Balaban J connectivity index is 1.60. The van der Waals surface area contributed by atoms with E-state index in [1.165, 1.54) is 5.56 Å². The Morgan fingerprint density at radius 2 is 1.86 bits per heavy atom. The second-order valence-corrected chi connectivity index (χ2v) is 6.93. The summed E-state index contributed by atoms with van der Waals surface area (Å²) < 4.78 is 6.98. The summed E-state index contributed by atoms with van der Waals surface area (Å²) in [5, 5.41) is 18.0. The number of aromatic nitrogens is 6. The molecule has 0 N–H and O–H groups in total. The minimum atomic E-state index is 0.495. The monoisotopic (exact) mass is 392 g/mol. The van der Waals surface area contributed by atoms with Crippen molar-refractivity contribution in [3.05, 3.63) is 65.4 Å². The Hall–Kier alpha value is -3.13. The SMILES string of the molecule is COc1ccc(Cn2nnc(-c3cnn(-c4cccc(C)c4C)c3S)n2)cc1. The fourth-order valence-corrected chi connectivity index (χ4v) is 3.27. The lowest BCUT2D eigenvalue weighted by molar-refractivity contribution is 0.414. The van der Waals surface area contributed by atoms with Crippen LogP contribution in [0.3, 0.4) is 0 Å². The van der Waals surface area contributed by atoms with Gasteiger partial charge in [-0.25, -0.2) is 4.68 Å². The summed E-state index contributed by atoms with van der Waals surface area (Å²) in [4.78, 5) is 1.56. The molecule has 0 aliphatic heterocycles. The fourth-order valence-electron chi connectivity index (χ4n) is 2.95. The first-order chi connectivity index (χ1) is 13.6. The van der Waals surface area contributed by atoms with Crippen molar-refractivity contribution in [2.24, 2.45) is 0 Å². The van der Waals surface area contributed by atoms with Gasteiger partial charge in [0.1, 0.15) is 10.8 Å². The molecule has 0 aliphatic carbocycles. The zero-order chi connectivity index (χ0) is 19.7. The Morgan fingerprint density at radius 1 is 1.07 bits per heavy atom. The fraction of sp³-hybridized carbons (Fsp3) is 0.200. The highest BCUT2D eigenvalue weighted by atomic mass is 32.1. The lowest BCUT2D eigenvalue weighted by Gasteiger charge is -2.09. The second-order valence-electron chi connectivity index (χ2n) is 6.50. The van der Waals surface area contributed by atoms with E-state index in [-0.39, 0.29) is 0 Å². The van der Waals surface area contributed by atoms with Crippen LogP contribution in [0.1, 0.15) is 16.7 Å². The van der Waals surface area contributed by atoms with Gasteiger partial charge in [0.2, 0.25) is 5.82 Å². The van der Waals surface area contributed by atoms with E-state index in [9.17, 15) is 0 Å². The first-order valence-corrected chi connectivity index (χ1v) is 9.26. The number of hydrogen-bond donors (Lipinski definition) is 1. The number of thiol groups is 1. The number of ether oxygens (including phenoxy) is 1. The van der Waals surface area contributed by atoms with Crippen molar-refractivity contribution < 1.29 is 4.74 Å². The van der Waals surface area contributed by atoms with Crippen molar-refractivity contribution in [1.82, 2.24) is 30.0 Å². The van der Waals surface area contributed by atoms with Crippen LogP contribution in [0.25, 0.3) is 17.1 Å². The summed E-state index contributed by atoms with van der Waals surface area (Å²) in [5.41, 5.74) is 5.14. The quantitative estimate of drug-likeness (QED) is 0.527. The van der Waals surface area contributed by atoms with Gasteiger partial charge in [-0.3, -0.25) is 0 Å². The van der Waals surface area contributed by atoms with Gasteiger partial charge in [-0.15, -0.1) is 22.8 Å². The van der Waals surface area contributed by atoms with Crippen molar-refractivity contribution in [3.63, 3.8) is 0 Å². The molecular formula is C20H20N6OS. The van der Waals surface area contributed by atoms with Crippen molar-refractivity contribution in [1.29, 1.82) is 0 Å². The standard InChI is InChI=1S/C20H20N6OS/c1-13-5-4-6-18(14(13)2)26-20(28)17(11-21-26)19-22-24-25(23-19)12-15-7-9-16(27-3)10-8-15/h4-11,28H,12H2,1-3H3. The lowest BCUT2D eigenvalue weighted by atomic mass is 10.1. The lowest BCUT2D eigenvalue weighted by Crippen LogP contribution is -2.04. The minimum Gasteiger partial charge on any atom is -0.497 e. The van der Waals surface area contributed by atoms with Crippen molar-refractivity contribution >= 4 is 12.6 Å². The molecule has 0 radical (unpaired) electrons. The molecule has 2 aromatic heterocycles. The zero-order valence-electron chi connectivity index (χ0n) is 15.9. The molecule has 142 valence electrons. The van der Waals surface area contributed by atoms with E-state index >= 15 is 0 Å². The molecule has 28 heavy (non-hydrogen) atoms. The zero-order valence-corrected chi connectivity index (χ0v) is 16.8. The first kappa shape index (κ1) is 18.2. The molecule has 0 saturated carbocycles. The van der Waals surface area contributed by atoms with Gasteiger partial charge in [0, 0.05) is 0 Å². The molecule has 0 spiro atoms. The van der Waals surface area contributed by atoms with Gasteiger partial charge >= 0.3 is 0 Å². The van der Waals surface area contributed by atoms with Gasteiger partial charge < -0.3 is 4.74 Å². The maximum absolute atomic E-state index is 5.18. The van der Waals surface area contributed by atoms with Crippen LogP contribution in [0.4, 0.5) is 0 Å². The molecule has 0 atom stereocenters. The number of hydrogen-bond acceptors (Lipinski definition) is 6. The van der Waals surface area contributed by atoms with E-state index in [4.69, 9.17) is 4.74 Å². The number of aryl methyl sites for hydroxylation is 1. The normalized spacial score (nSPS) is 11.0. The van der Waals surface area contributed by atoms with Crippen LogP contribution in [-0.4, -0.2) is 37.1 Å². The summed E-state index contributed by atoms with van der Waals surface area (Å²) in [7, 11) is 1.65. The van der Waals surface area contributed by atoms with E-state index in [0.717, 1.165) is 28.1 Å². The van der Waals surface area contributed by atoms with Crippen molar-refractivity contribution in [2.45, 2.75) is 25.4 Å². The molecule has 0 unspecified atom stereocenters. The van der Waals surface area contributed by atoms with Gasteiger partial charge in [0.25, 0.3) is 0 Å². The summed E-state index contributed by atoms with van der Waals surface area (Å²) in [6.45, 7) is 4.67. The van der Waals surface area contributed by atoms with E-state index in [1.807, 2.05) is 36.4 Å². The third-order valence-corrected chi connectivity index (χ3v) is 5.16. The van der Waals surface area contributed by atoms with Crippen LogP contribution in [0.5, 0.6) is 5.75 Å². The van der Waals surface area contributed by atoms with Crippen molar-refractivity contribution in [2.75, 3.05) is 7.11 Å². The van der Waals surface area contributed by atoms with Crippen molar-refractivity contribution in [3.8, 4) is 22.8 Å². The van der Waals surface area contributed by atoms with Crippen LogP contribution in [0, 0.1) is 13.8 Å². The molecule has 4 rings (SSSR count). The van der Waals surface area contributed by atoms with E-state index in [0.29, 0.717) is 17.4 Å². The van der Waals surface area contributed by atoms with Crippen LogP contribution in [0.2, 0.25) is 0 Å². The average Bonchev–Trinajstić information content (AvgIpc) is 3.31. The molecule has 0 saturated heterocycles. The smallest absolute Gasteiger partial charge is 0.209 e. The number of benzene rings is 2. The summed E-state index contributed by atoms with van der Waals surface area (Å²) >= 11 is 4.67. The molecule has 2 heterocycles. The van der Waals surface area contributed by atoms with Gasteiger partial charge in [0.15, 0.2) is 0 Å². The Morgan fingerprint density at radius 3 is 2.61 bits per heavy atom. The van der Waals surface area contributed by atoms with Crippen LogP contribution in [0.15, 0.2) is 53.7 Å². The molecule has 0 bridgehead atoms. The van der Waals surface area contributed by atoms with Crippen LogP contribution < -0.4 is 4.74 Å². The van der Waals surface area contributed by atoms with Crippen LogP contribution >= 0.6 is 12.6 Å². The van der Waals surface area contributed by atoms with E-state index in [1.54, 1.807) is 22.8 Å². The maximum atomic E-state index is 5.18. The van der Waals surface area contributed by atoms with Gasteiger partial charge in [-0.05, 0) is 54.0 Å². The molecule has 0 fully saturated rings. The number of methoxy groups -OCH3 is 1. The summed E-state index contributed by atoms with van der Waals surface area (Å²) in [6.07, 6.45) is 1.72. The van der Waals surface area contributed by atoms with E-state index < -0.39 is 0 Å². The Kier molecular flexibility index (Phi) is 4.87. The predicted molar refractivity (Wildman–Crippen MR) is 109 cm³/mol. The highest BCUT2D eigenvalue weighted by Gasteiger charge is 2.17. The number of nitrogens with zero attached hydrogens (tertiary/aromatic N) is 6. The average molecular weight is 392 g/mol. The molecule has 0 aliphatic rings.